The van der Waals surface area contributed by atoms with Crippen molar-refractivity contribution < 1.29 is 10.2 Å². The molecule has 0 radical (unpaired) electrons. The number of aliphatic hydroxyl groups excluding tert-OH is 2. The number of anilines is 1. The van der Waals surface area contributed by atoms with E-state index in [-0.39, 0.29) is 12.4 Å². The van der Waals surface area contributed by atoms with E-state index in [4.69, 9.17) is 11.0 Å². The minimum absolute atomic E-state index is 0.109. The molecule has 2 unspecified atom stereocenters. The summed E-state index contributed by atoms with van der Waals surface area (Å²) < 4.78 is 0. The van der Waals surface area contributed by atoms with Crippen LogP contribution in [0.15, 0.2) is 6.20 Å². The molecular weight excluding hydrogens is 196 g/mol. The Morgan fingerprint density at radius 3 is 2.80 bits per heavy atom. The van der Waals surface area contributed by atoms with E-state index >= 15 is 0 Å². The second-order valence-corrected chi connectivity index (χ2v) is 3.14. The van der Waals surface area contributed by atoms with Crippen LogP contribution in [0.2, 0.25) is 0 Å². The van der Waals surface area contributed by atoms with Crippen molar-refractivity contribution in [3.05, 3.63) is 17.5 Å². The zero-order valence-electron chi connectivity index (χ0n) is 8.25. The third-order valence-electron chi connectivity index (χ3n) is 2.02. The Morgan fingerprint density at radius 2 is 2.27 bits per heavy atom. The molecule has 0 aliphatic carbocycles. The van der Waals surface area contributed by atoms with Crippen LogP contribution in [0.25, 0.3) is 0 Å². The molecule has 0 fully saturated rings. The van der Waals surface area contributed by atoms with E-state index in [1.165, 1.54) is 6.20 Å². The maximum atomic E-state index is 9.67. The number of nitrogens with two attached hydrogens (primary N) is 1. The van der Waals surface area contributed by atoms with Gasteiger partial charge in [0, 0.05) is 17.5 Å². The molecule has 1 aromatic heterocycles. The summed E-state index contributed by atoms with van der Waals surface area (Å²) in [7, 11) is 0. The maximum absolute atomic E-state index is 9.67. The highest BCUT2D eigenvalue weighted by atomic mass is 16.3. The molecule has 1 heterocycles. The highest BCUT2D eigenvalue weighted by Gasteiger charge is 2.20. The largest absolute Gasteiger partial charge is 0.389 e. The van der Waals surface area contributed by atoms with Crippen LogP contribution in [0.5, 0.6) is 0 Å². The fraction of sp³-hybridized carbons (Fsp3) is 0.444. The minimum Gasteiger partial charge on any atom is -0.389 e. The van der Waals surface area contributed by atoms with Gasteiger partial charge in [-0.2, -0.15) is 5.26 Å². The van der Waals surface area contributed by atoms with Crippen LogP contribution in [0.1, 0.15) is 23.8 Å². The van der Waals surface area contributed by atoms with E-state index in [9.17, 15) is 10.2 Å². The average molecular weight is 208 g/mol. The van der Waals surface area contributed by atoms with Crippen LogP contribution in [-0.2, 0) is 0 Å². The lowest BCUT2D eigenvalue weighted by molar-refractivity contribution is 0.0208. The summed E-state index contributed by atoms with van der Waals surface area (Å²) in [6.07, 6.45) is -1.10. The molecule has 0 saturated heterocycles. The number of hydrogen-bond acceptors (Lipinski definition) is 6. The predicted octanol–water partition coefficient (Wildman–Crippen LogP) is -0.325. The van der Waals surface area contributed by atoms with Crippen molar-refractivity contribution in [3.8, 4) is 6.07 Å². The number of aliphatic hydroxyl groups is 2. The lowest BCUT2D eigenvalue weighted by Crippen LogP contribution is -2.19. The van der Waals surface area contributed by atoms with E-state index in [0.717, 1.165) is 0 Å². The second kappa shape index (κ2) is 4.68. The van der Waals surface area contributed by atoms with Crippen LogP contribution >= 0.6 is 0 Å². The van der Waals surface area contributed by atoms with Gasteiger partial charge in [0.15, 0.2) is 0 Å². The van der Waals surface area contributed by atoms with Gasteiger partial charge in [-0.05, 0) is 6.92 Å². The van der Waals surface area contributed by atoms with Crippen LogP contribution in [-0.4, -0.2) is 26.3 Å². The summed E-state index contributed by atoms with van der Waals surface area (Å²) in [6.45, 7) is 1.65. The quantitative estimate of drug-likeness (QED) is 0.626. The molecule has 2 atom stereocenters. The third kappa shape index (κ3) is 2.62. The van der Waals surface area contributed by atoms with Gasteiger partial charge in [-0.3, -0.25) is 0 Å². The van der Waals surface area contributed by atoms with Crippen molar-refractivity contribution >= 4 is 5.95 Å². The lowest BCUT2D eigenvalue weighted by atomic mass is 10.0. The predicted molar refractivity (Wildman–Crippen MR) is 52.4 cm³/mol. The molecule has 0 amide bonds. The molecule has 6 heteroatoms. The van der Waals surface area contributed by atoms with Crippen LogP contribution in [0.3, 0.4) is 0 Å². The van der Waals surface area contributed by atoms with Gasteiger partial charge in [-0.15, -0.1) is 0 Å². The molecule has 0 bridgehead atoms. The zero-order valence-corrected chi connectivity index (χ0v) is 8.25. The Kier molecular flexibility index (Phi) is 3.55. The molecule has 0 saturated carbocycles. The first-order valence-corrected chi connectivity index (χ1v) is 4.38. The maximum Gasteiger partial charge on any atom is 0.220 e. The monoisotopic (exact) mass is 208 g/mol. The van der Waals surface area contributed by atoms with Gasteiger partial charge in [-0.1, -0.05) is 0 Å². The van der Waals surface area contributed by atoms with E-state index in [1.807, 2.05) is 0 Å². The van der Waals surface area contributed by atoms with Crippen molar-refractivity contribution in [1.29, 1.82) is 5.26 Å². The van der Waals surface area contributed by atoms with Gasteiger partial charge in [0.2, 0.25) is 5.95 Å². The van der Waals surface area contributed by atoms with E-state index < -0.39 is 12.2 Å². The van der Waals surface area contributed by atoms with Crippen molar-refractivity contribution in [3.63, 3.8) is 0 Å². The lowest BCUT2D eigenvalue weighted by Gasteiger charge is -2.16. The van der Waals surface area contributed by atoms with Crippen molar-refractivity contribution in [2.75, 3.05) is 5.73 Å². The van der Waals surface area contributed by atoms with Gasteiger partial charge in [0.05, 0.1) is 18.6 Å². The Bertz CT molecular complexity index is 388. The van der Waals surface area contributed by atoms with Gasteiger partial charge >= 0.3 is 0 Å². The van der Waals surface area contributed by atoms with Gasteiger partial charge in [-0.25, -0.2) is 9.97 Å². The molecule has 80 valence electrons. The Hall–Kier alpha value is -1.71. The molecule has 0 aliphatic heterocycles. The average Bonchev–Trinajstić information content (AvgIpc) is 2.17. The summed E-state index contributed by atoms with van der Waals surface area (Å²) >= 11 is 0. The number of nitrogens with zero attached hydrogens (tertiary/aromatic N) is 3. The normalized spacial score (nSPS) is 14.3. The number of nitrogen functional groups attached to an aromatic ring is 1. The van der Waals surface area contributed by atoms with Crippen molar-refractivity contribution in [1.82, 2.24) is 9.97 Å². The molecule has 6 nitrogen and oxygen atoms in total. The van der Waals surface area contributed by atoms with Crippen molar-refractivity contribution in [2.45, 2.75) is 25.6 Å². The molecule has 1 rings (SSSR count). The molecule has 0 spiro atoms. The first kappa shape index (κ1) is 11.4. The number of nitriles is 1. The van der Waals surface area contributed by atoms with Crippen LogP contribution < -0.4 is 5.73 Å². The van der Waals surface area contributed by atoms with E-state index in [2.05, 4.69) is 9.97 Å². The highest BCUT2D eigenvalue weighted by Crippen LogP contribution is 2.20. The Morgan fingerprint density at radius 1 is 1.60 bits per heavy atom. The van der Waals surface area contributed by atoms with Gasteiger partial charge < -0.3 is 15.9 Å². The zero-order chi connectivity index (χ0) is 11.4. The van der Waals surface area contributed by atoms with Gasteiger partial charge in [0.1, 0.15) is 6.10 Å². The standard InChI is InChI=1S/C9H12N4O2/c1-5-6(4-12-9(11)13-5)8(15)7(14)2-3-10/h4,7-8,14-15H,2H2,1H3,(H2,11,12,13). The Labute approximate surface area is 87.0 Å². The molecule has 15 heavy (non-hydrogen) atoms. The SMILES string of the molecule is Cc1nc(N)ncc1C(O)C(O)CC#N. The third-order valence-corrected chi connectivity index (χ3v) is 2.02. The topological polar surface area (TPSA) is 116 Å². The Balaban J connectivity index is 2.91. The molecular formula is C9H12N4O2. The minimum atomic E-state index is -1.16. The first-order valence-electron chi connectivity index (χ1n) is 4.38. The van der Waals surface area contributed by atoms with Crippen LogP contribution in [0.4, 0.5) is 5.95 Å². The first-order chi connectivity index (χ1) is 7.06. The highest BCUT2D eigenvalue weighted by molar-refractivity contribution is 5.26. The number of aromatic nitrogens is 2. The second-order valence-electron chi connectivity index (χ2n) is 3.14. The molecule has 1 aromatic rings. The van der Waals surface area contributed by atoms with Crippen molar-refractivity contribution in [2.24, 2.45) is 0 Å². The smallest absolute Gasteiger partial charge is 0.220 e. The number of aryl methyl sites for hydroxylation is 1. The fourth-order valence-corrected chi connectivity index (χ4v) is 1.20. The summed E-state index contributed by atoms with van der Waals surface area (Å²) in [5.41, 5.74) is 6.22. The van der Waals surface area contributed by atoms with Crippen LogP contribution in [0, 0.1) is 18.3 Å². The van der Waals surface area contributed by atoms with E-state index in [0.29, 0.717) is 11.3 Å². The molecule has 0 aliphatic rings. The summed E-state index contributed by atoms with van der Waals surface area (Å²) in [5, 5.41) is 27.4. The summed E-state index contributed by atoms with van der Waals surface area (Å²) in [4.78, 5) is 7.57. The van der Waals surface area contributed by atoms with E-state index in [1.54, 1.807) is 13.0 Å². The summed E-state index contributed by atoms with van der Waals surface area (Å²) in [5.74, 6) is 0.109. The molecule has 0 aromatic carbocycles. The summed E-state index contributed by atoms with van der Waals surface area (Å²) in [6, 6.07) is 1.77. The number of rotatable bonds is 3. The molecule has 4 N–H and O–H groups in total. The van der Waals surface area contributed by atoms with Gasteiger partial charge in [0.25, 0.3) is 0 Å². The number of hydrogen-bond donors (Lipinski definition) is 3. The fourth-order valence-electron chi connectivity index (χ4n) is 1.20.